The zero-order valence-electron chi connectivity index (χ0n) is 17.1. The maximum absolute atomic E-state index is 11.4. The van der Waals surface area contributed by atoms with Crippen LogP contribution in [0.15, 0.2) is 18.2 Å². The SMILES string of the molecule is COC(=O)CCCc1cccc(COC(C)=O)c1B1OC(C)(C)C(C)(C)O1. The summed E-state index contributed by atoms with van der Waals surface area (Å²) in [5.41, 5.74) is 1.79. The van der Waals surface area contributed by atoms with Gasteiger partial charge < -0.3 is 18.8 Å². The predicted octanol–water partition coefficient (Wildman–Crippen LogP) is 2.54. The summed E-state index contributed by atoms with van der Waals surface area (Å²) in [6, 6.07) is 5.82. The van der Waals surface area contributed by atoms with E-state index < -0.39 is 18.3 Å². The van der Waals surface area contributed by atoms with E-state index >= 15 is 0 Å². The van der Waals surface area contributed by atoms with Gasteiger partial charge in [0.05, 0.1) is 18.3 Å². The average molecular weight is 376 g/mol. The Morgan fingerprint density at radius 2 is 1.67 bits per heavy atom. The van der Waals surface area contributed by atoms with Crippen molar-refractivity contribution in [2.24, 2.45) is 0 Å². The van der Waals surface area contributed by atoms with E-state index in [1.807, 2.05) is 45.9 Å². The Morgan fingerprint density at radius 1 is 1.07 bits per heavy atom. The number of benzene rings is 1. The molecule has 0 bridgehead atoms. The van der Waals surface area contributed by atoms with E-state index in [1.165, 1.54) is 14.0 Å². The first-order chi connectivity index (χ1) is 12.6. The summed E-state index contributed by atoms with van der Waals surface area (Å²) >= 11 is 0. The third kappa shape index (κ3) is 5.11. The molecule has 27 heavy (non-hydrogen) atoms. The molecule has 0 atom stereocenters. The molecule has 148 valence electrons. The summed E-state index contributed by atoms with van der Waals surface area (Å²) in [5, 5.41) is 0. The van der Waals surface area contributed by atoms with Gasteiger partial charge in [0, 0.05) is 13.3 Å². The molecule has 0 aliphatic carbocycles. The lowest BCUT2D eigenvalue weighted by molar-refractivity contribution is -0.142. The van der Waals surface area contributed by atoms with Crippen molar-refractivity contribution in [2.75, 3.05) is 7.11 Å². The lowest BCUT2D eigenvalue weighted by Crippen LogP contribution is -2.41. The average Bonchev–Trinajstić information content (AvgIpc) is 2.80. The summed E-state index contributed by atoms with van der Waals surface area (Å²) in [6.45, 7) is 9.53. The largest absolute Gasteiger partial charge is 0.495 e. The van der Waals surface area contributed by atoms with Gasteiger partial charge in [-0.25, -0.2) is 0 Å². The van der Waals surface area contributed by atoms with E-state index in [0.29, 0.717) is 19.3 Å². The minimum absolute atomic E-state index is 0.152. The number of ether oxygens (including phenoxy) is 2. The van der Waals surface area contributed by atoms with Crippen LogP contribution < -0.4 is 5.46 Å². The van der Waals surface area contributed by atoms with E-state index in [1.54, 1.807) is 0 Å². The molecule has 7 heteroatoms. The van der Waals surface area contributed by atoms with Gasteiger partial charge >= 0.3 is 19.1 Å². The molecule has 1 fully saturated rings. The standard InChI is InChI=1S/C20H29BO6/c1-14(22)25-13-16-11-7-9-15(10-8-12-17(23)24-6)18(16)21-26-19(2,3)20(4,5)27-21/h7,9,11H,8,10,12-13H2,1-6H3. The summed E-state index contributed by atoms with van der Waals surface area (Å²) < 4.78 is 22.4. The van der Waals surface area contributed by atoms with Gasteiger partial charge in [-0.1, -0.05) is 18.2 Å². The number of rotatable bonds is 7. The number of aryl methyl sites for hydroxylation is 1. The van der Waals surface area contributed by atoms with E-state index in [9.17, 15) is 9.59 Å². The molecule has 1 aliphatic heterocycles. The third-order valence-corrected chi connectivity index (χ3v) is 5.26. The van der Waals surface area contributed by atoms with Crippen LogP contribution in [0.4, 0.5) is 0 Å². The first-order valence-corrected chi connectivity index (χ1v) is 9.24. The van der Waals surface area contributed by atoms with Crippen molar-refractivity contribution in [3.05, 3.63) is 29.3 Å². The fraction of sp³-hybridized carbons (Fsp3) is 0.600. The summed E-state index contributed by atoms with van der Waals surface area (Å²) in [4.78, 5) is 22.7. The van der Waals surface area contributed by atoms with Crippen LogP contribution in [0.3, 0.4) is 0 Å². The van der Waals surface area contributed by atoms with Gasteiger partial charge in [-0.3, -0.25) is 9.59 Å². The quantitative estimate of drug-likeness (QED) is 0.538. The Morgan fingerprint density at radius 3 is 2.22 bits per heavy atom. The molecule has 1 aliphatic rings. The van der Waals surface area contributed by atoms with Crippen LogP contribution in [-0.2, 0) is 41.4 Å². The van der Waals surface area contributed by atoms with Crippen molar-refractivity contribution >= 4 is 24.5 Å². The van der Waals surface area contributed by atoms with Crippen LogP contribution in [0.1, 0.15) is 58.6 Å². The maximum atomic E-state index is 11.4. The normalized spacial score (nSPS) is 17.6. The number of hydrogen-bond donors (Lipinski definition) is 0. The van der Waals surface area contributed by atoms with Gasteiger partial charge in [-0.2, -0.15) is 0 Å². The van der Waals surface area contributed by atoms with Crippen LogP contribution in [0.5, 0.6) is 0 Å². The van der Waals surface area contributed by atoms with Crippen molar-refractivity contribution in [2.45, 2.75) is 71.7 Å². The molecule has 0 aromatic heterocycles. The predicted molar refractivity (Wildman–Crippen MR) is 103 cm³/mol. The third-order valence-electron chi connectivity index (χ3n) is 5.26. The smallest absolute Gasteiger partial charge is 0.469 e. The van der Waals surface area contributed by atoms with E-state index in [2.05, 4.69) is 0 Å². The number of carbonyl (C=O) groups excluding carboxylic acids is 2. The molecule has 2 rings (SSSR count). The van der Waals surface area contributed by atoms with Gasteiger partial charge in [0.1, 0.15) is 6.61 Å². The highest BCUT2D eigenvalue weighted by Gasteiger charge is 2.52. The highest BCUT2D eigenvalue weighted by Crippen LogP contribution is 2.37. The lowest BCUT2D eigenvalue weighted by atomic mass is 9.72. The van der Waals surface area contributed by atoms with Crippen LogP contribution in [0.2, 0.25) is 0 Å². The molecule has 1 aromatic rings. The molecule has 1 saturated heterocycles. The Bertz CT molecular complexity index is 682. The molecule has 1 heterocycles. The molecule has 0 saturated carbocycles. The molecule has 0 spiro atoms. The summed E-state index contributed by atoms with van der Waals surface area (Å²) in [7, 11) is 0.826. The minimum atomic E-state index is -0.560. The first kappa shape index (κ1) is 21.4. The topological polar surface area (TPSA) is 71.1 Å². The van der Waals surface area contributed by atoms with Crippen LogP contribution in [-0.4, -0.2) is 37.4 Å². The van der Waals surface area contributed by atoms with Crippen molar-refractivity contribution < 1.29 is 28.4 Å². The second kappa shape index (κ2) is 8.44. The van der Waals surface area contributed by atoms with Gasteiger partial charge in [-0.05, 0) is 57.1 Å². The van der Waals surface area contributed by atoms with Crippen LogP contribution in [0, 0.1) is 0 Å². The second-order valence-corrected chi connectivity index (χ2v) is 7.79. The fourth-order valence-electron chi connectivity index (χ4n) is 2.98. The van der Waals surface area contributed by atoms with Crippen molar-refractivity contribution in [1.29, 1.82) is 0 Å². The summed E-state index contributed by atoms with van der Waals surface area (Å²) in [5.74, 6) is -0.575. The zero-order chi connectivity index (χ0) is 20.2. The summed E-state index contributed by atoms with van der Waals surface area (Å²) in [6.07, 6.45) is 1.66. The van der Waals surface area contributed by atoms with Gasteiger partial charge in [0.2, 0.25) is 0 Å². The zero-order valence-corrected chi connectivity index (χ0v) is 17.1. The molecule has 6 nitrogen and oxygen atoms in total. The molecular weight excluding hydrogens is 347 g/mol. The lowest BCUT2D eigenvalue weighted by Gasteiger charge is -2.32. The second-order valence-electron chi connectivity index (χ2n) is 7.79. The van der Waals surface area contributed by atoms with Gasteiger partial charge in [0.25, 0.3) is 0 Å². The van der Waals surface area contributed by atoms with E-state index in [-0.39, 0.29) is 18.5 Å². The molecule has 0 N–H and O–H groups in total. The van der Waals surface area contributed by atoms with Crippen LogP contribution >= 0.6 is 0 Å². The van der Waals surface area contributed by atoms with E-state index in [0.717, 1.165) is 16.6 Å². The first-order valence-electron chi connectivity index (χ1n) is 9.24. The Balaban J connectivity index is 2.32. The van der Waals surface area contributed by atoms with Crippen molar-refractivity contribution in [3.8, 4) is 0 Å². The molecule has 0 amide bonds. The molecular formula is C20H29BO6. The number of hydrogen-bond acceptors (Lipinski definition) is 6. The van der Waals surface area contributed by atoms with Crippen LogP contribution in [0.25, 0.3) is 0 Å². The minimum Gasteiger partial charge on any atom is -0.469 e. The van der Waals surface area contributed by atoms with E-state index in [4.69, 9.17) is 18.8 Å². The monoisotopic (exact) mass is 376 g/mol. The number of esters is 2. The Kier molecular flexibility index (Phi) is 6.70. The molecule has 0 radical (unpaired) electrons. The fourth-order valence-corrected chi connectivity index (χ4v) is 2.98. The van der Waals surface area contributed by atoms with Gasteiger partial charge in [-0.15, -0.1) is 0 Å². The van der Waals surface area contributed by atoms with Crippen molar-refractivity contribution in [3.63, 3.8) is 0 Å². The van der Waals surface area contributed by atoms with Crippen molar-refractivity contribution in [1.82, 2.24) is 0 Å². The molecule has 0 unspecified atom stereocenters. The number of carbonyl (C=O) groups is 2. The Labute approximate surface area is 161 Å². The highest BCUT2D eigenvalue weighted by molar-refractivity contribution is 6.63. The maximum Gasteiger partial charge on any atom is 0.495 e. The molecule has 1 aromatic carbocycles. The highest BCUT2D eigenvalue weighted by atomic mass is 16.7. The Hall–Kier alpha value is -1.86. The van der Waals surface area contributed by atoms with Gasteiger partial charge in [0.15, 0.2) is 0 Å². The number of methoxy groups -OCH3 is 1.